The Morgan fingerprint density at radius 3 is 2.57 bits per heavy atom. The van der Waals surface area contributed by atoms with Gasteiger partial charge in [-0.15, -0.1) is 5.10 Å². The molecule has 0 spiro atoms. The number of nitrogens with zero attached hydrogens (tertiary/aromatic N) is 6. The van der Waals surface area contributed by atoms with Gasteiger partial charge in [0.1, 0.15) is 0 Å². The van der Waals surface area contributed by atoms with Gasteiger partial charge in [-0.2, -0.15) is 0 Å². The molecule has 8 heteroatoms. The zero-order valence-electron chi connectivity index (χ0n) is 17.4. The van der Waals surface area contributed by atoms with Crippen molar-refractivity contribution in [2.24, 2.45) is 5.92 Å². The second-order valence-corrected chi connectivity index (χ2v) is 9.10. The number of nitrogens with one attached hydrogen (secondary N) is 1. The molecule has 3 heterocycles. The molecule has 0 aromatic carbocycles. The molecule has 28 heavy (non-hydrogen) atoms. The van der Waals surface area contributed by atoms with Crippen molar-refractivity contribution in [1.82, 2.24) is 35.3 Å². The van der Waals surface area contributed by atoms with Gasteiger partial charge in [0, 0.05) is 18.6 Å². The van der Waals surface area contributed by atoms with Crippen LogP contribution in [0, 0.1) is 5.92 Å². The Balaban J connectivity index is 1.34. The number of urea groups is 1. The second-order valence-electron chi connectivity index (χ2n) is 9.10. The highest BCUT2D eigenvalue weighted by Crippen LogP contribution is 2.35. The number of amides is 2. The van der Waals surface area contributed by atoms with E-state index in [-0.39, 0.29) is 12.1 Å². The first-order valence-corrected chi connectivity index (χ1v) is 11.2. The van der Waals surface area contributed by atoms with Crippen molar-refractivity contribution in [2.75, 3.05) is 19.6 Å². The molecule has 4 rings (SSSR count). The maximum Gasteiger partial charge on any atom is 0.317 e. The third-order valence-electron chi connectivity index (χ3n) is 6.47. The summed E-state index contributed by atoms with van der Waals surface area (Å²) in [7, 11) is 0. The minimum atomic E-state index is 0.132. The van der Waals surface area contributed by atoms with E-state index >= 15 is 0 Å². The highest BCUT2D eigenvalue weighted by Gasteiger charge is 2.35. The molecule has 1 aromatic heterocycles. The van der Waals surface area contributed by atoms with Crippen LogP contribution in [0.2, 0.25) is 0 Å². The van der Waals surface area contributed by atoms with E-state index in [9.17, 15) is 4.79 Å². The summed E-state index contributed by atoms with van der Waals surface area (Å²) in [5.74, 6) is 1.61. The summed E-state index contributed by atoms with van der Waals surface area (Å²) in [5.41, 5.74) is 0. The number of tetrazole rings is 1. The van der Waals surface area contributed by atoms with Gasteiger partial charge in [-0.05, 0) is 81.8 Å². The SMILES string of the molecule is CC(C)NC(=O)N1CCCCCC1C1CCN(Cc2nnnn2C2CC2)CC1. The number of hydrogen-bond acceptors (Lipinski definition) is 5. The molecule has 3 aliphatic rings. The van der Waals surface area contributed by atoms with E-state index in [1.165, 1.54) is 25.7 Å². The van der Waals surface area contributed by atoms with E-state index in [4.69, 9.17) is 0 Å². The fourth-order valence-corrected chi connectivity index (χ4v) is 4.82. The zero-order chi connectivity index (χ0) is 19.5. The Morgan fingerprint density at radius 2 is 1.86 bits per heavy atom. The van der Waals surface area contributed by atoms with Crippen molar-refractivity contribution < 1.29 is 4.79 Å². The number of carbonyl (C=O) groups excluding carboxylic acids is 1. The molecule has 1 unspecified atom stereocenters. The number of carbonyl (C=O) groups is 1. The molecule has 8 nitrogen and oxygen atoms in total. The minimum absolute atomic E-state index is 0.132. The molecular formula is C20H35N7O. The Kier molecular flexibility index (Phi) is 6.13. The summed E-state index contributed by atoms with van der Waals surface area (Å²) in [6.45, 7) is 7.96. The monoisotopic (exact) mass is 389 g/mol. The molecule has 156 valence electrons. The summed E-state index contributed by atoms with van der Waals surface area (Å²) in [6.07, 6.45) is 9.48. The van der Waals surface area contributed by atoms with E-state index in [0.29, 0.717) is 18.0 Å². The number of rotatable bonds is 5. The molecule has 1 N–H and O–H groups in total. The fourth-order valence-electron chi connectivity index (χ4n) is 4.82. The maximum atomic E-state index is 12.8. The van der Waals surface area contributed by atoms with Crippen LogP contribution >= 0.6 is 0 Å². The van der Waals surface area contributed by atoms with Gasteiger partial charge in [0.25, 0.3) is 0 Å². The summed E-state index contributed by atoms with van der Waals surface area (Å²) >= 11 is 0. The number of likely N-dealkylation sites (tertiary alicyclic amines) is 2. The first-order valence-electron chi connectivity index (χ1n) is 11.2. The quantitative estimate of drug-likeness (QED) is 0.837. The highest BCUT2D eigenvalue weighted by atomic mass is 16.2. The van der Waals surface area contributed by atoms with E-state index in [2.05, 4.69) is 30.6 Å². The average Bonchev–Trinajstić information content (AvgIpc) is 3.46. The van der Waals surface area contributed by atoms with Crippen molar-refractivity contribution in [3.8, 4) is 0 Å². The molecular weight excluding hydrogens is 354 g/mol. The van der Waals surface area contributed by atoms with Crippen LogP contribution in [0.5, 0.6) is 0 Å². The topological polar surface area (TPSA) is 79.2 Å². The van der Waals surface area contributed by atoms with Gasteiger partial charge in [-0.3, -0.25) is 4.90 Å². The summed E-state index contributed by atoms with van der Waals surface area (Å²) in [5, 5.41) is 15.4. The highest BCUT2D eigenvalue weighted by molar-refractivity contribution is 5.74. The van der Waals surface area contributed by atoms with Gasteiger partial charge in [0.05, 0.1) is 12.6 Å². The van der Waals surface area contributed by atoms with Crippen LogP contribution in [-0.2, 0) is 6.54 Å². The molecule has 0 bridgehead atoms. The standard InChI is InChI=1S/C20H35N7O/c1-15(2)21-20(28)26-11-5-3-4-6-18(26)16-9-12-25(13-10-16)14-19-22-23-24-27(19)17-7-8-17/h15-18H,3-14H2,1-2H3,(H,21,28). The Hall–Kier alpha value is -1.70. The normalized spacial score (nSPS) is 25.1. The molecule has 0 radical (unpaired) electrons. The van der Waals surface area contributed by atoms with Gasteiger partial charge >= 0.3 is 6.03 Å². The average molecular weight is 390 g/mol. The van der Waals surface area contributed by atoms with Crippen LogP contribution in [0.3, 0.4) is 0 Å². The fraction of sp³-hybridized carbons (Fsp3) is 0.900. The summed E-state index contributed by atoms with van der Waals surface area (Å²) in [4.78, 5) is 17.4. The lowest BCUT2D eigenvalue weighted by Gasteiger charge is -2.40. The van der Waals surface area contributed by atoms with Crippen molar-refractivity contribution in [2.45, 2.75) is 89.9 Å². The summed E-state index contributed by atoms with van der Waals surface area (Å²) < 4.78 is 2.02. The van der Waals surface area contributed by atoms with Crippen LogP contribution in [0.4, 0.5) is 4.79 Å². The van der Waals surface area contributed by atoms with Gasteiger partial charge in [0.15, 0.2) is 5.82 Å². The van der Waals surface area contributed by atoms with Crippen LogP contribution in [0.15, 0.2) is 0 Å². The number of hydrogen-bond donors (Lipinski definition) is 1. The van der Waals surface area contributed by atoms with E-state index < -0.39 is 0 Å². The van der Waals surface area contributed by atoms with Gasteiger partial charge < -0.3 is 10.2 Å². The predicted molar refractivity (Wildman–Crippen MR) is 107 cm³/mol. The largest absolute Gasteiger partial charge is 0.336 e. The molecule has 1 atom stereocenters. The van der Waals surface area contributed by atoms with E-state index in [0.717, 1.165) is 57.7 Å². The predicted octanol–water partition coefficient (Wildman–Crippen LogP) is 2.58. The van der Waals surface area contributed by atoms with E-state index in [1.54, 1.807) is 0 Å². The smallest absolute Gasteiger partial charge is 0.317 e. The maximum absolute atomic E-state index is 12.8. The minimum Gasteiger partial charge on any atom is -0.336 e. The van der Waals surface area contributed by atoms with Crippen LogP contribution in [-0.4, -0.2) is 67.8 Å². The molecule has 1 saturated carbocycles. The first-order chi connectivity index (χ1) is 13.6. The molecule has 3 fully saturated rings. The zero-order valence-corrected chi connectivity index (χ0v) is 17.4. The lowest BCUT2D eigenvalue weighted by molar-refractivity contribution is 0.0957. The third kappa shape index (κ3) is 4.64. The van der Waals surface area contributed by atoms with Gasteiger partial charge in [0.2, 0.25) is 0 Å². The van der Waals surface area contributed by atoms with E-state index in [1.807, 2.05) is 18.5 Å². The Labute approximate surface area is 168 Å². The number of piperidine rings is 1. The number of aromatic nitrogens is 4. The lowest BCUT2D eigenvalue weighted by Crippen LogP contribution is -2.52. The molecule has 1 aliphatic carbocycles. The van der Waals surface area contributed by atoms with Crippen molar-refractivity contribution in [3.05, 3.63) is 5.82 Å². The van der Waals surface area contributed by atoms with Gasteiger partial charge in [-0.25, -0.2) is 9.48 Å². The molecule has 1 aromatic rings. The molecule has 2 saturated heterocycles. The van der Waals surface area contributed by atoms with Crippen LogP contribution in [0.1, 0.15) is 77.1 Å². The van der Waals surface area contributed by atoms with Crippen LogP contribution in [0.25, 0.3) is 0 Å². The third-order valence-corrected chi connectivity index (χ3v) is 6.47. The van der Waals surface area contributed by atoms with Crippen molar-refractivity contribution >= 4 is 6.03 Å². The van der Waals surface area contributed by atoms with Gasteiger partial charge in [-0.1, -0.05) is 12.8 Å². The van der Waals surface area contributed by atoms with Crippen molar-refractivity contribution in [1.29, 1.82) is 0 Å². The molecule has 2 amide bonds. The van der Waals surface area contributed by atoms with Crippen molar-refractivity contribution in [3.63, 3.8) is 0 Å². The Bertz CT molecular complexity index is 649. The molecule has 2 aliphatic heterocycles. The lowest BCUT2D eigenvalue weighted by atomic mass is 9.86. The second kappa shape index (κ2) is 8.76. The first kappa shape index (κ1) is 19.6. The summed E-state index contributed by atoms with van der Waals surface area (Å²) in [6, 6.07) is 1.24. The van der Waals surface area contributed by atoms with Crippen LogP contribution < -0.4 is 5.32 Å². The Morgan fingerprint density at radius 1 is 1.07 bits per heavy atom.